The molecule has 0 radical (unpaired) electrons. The van der Waals surface area contributed by atoms with Crippen LogP contribution in [0.1, 0.15) is 41.0 Å². The lowest BCUT2D eigenvalue weighted by atomic mass is 10.1. The van der Waals surface area contributed by atoms with Gasteiger partial charge in [0.25, 0.3) is 17.5 Å². The van der Waals surface area contributed by atoms with Crippen LogP contribution in [0.2, 0.25) is 0 Å². The van der Waals surface area contributed by atoms with E-state index in [2.05, 4.69) is 0 Å². The van der Waals surface area contributed by atoms with E-state index in [1.54, 1.807) is 6.92 Å². The van der Waals surface area contributed by atoms with Gasteiger partial charge in [-0.15, -0.1) is 0 Å². The Hall–Kier alpha value is -2.24. The van der Waals surface area contributed by atoms with Gasteiger partial charge in [0, 0.05) is 18.2 Å². The molecule has 0 saturated heterocycles. The maximum absolute atomic E-state index is 12.1. The highest BCUT2D eigenvalue weighted by Crippen LogP contribution is 2.28. The Morgan fingerprint density at radius 1 is 1.28 bits per heavy atom. The number of fused-ring (bicyclic) bond motifs is 1. The van der Waals surface area contributed by atoms with Crippen molar-refractivity contribution in [1.29, 1.82) is 0 Å². The lowest BCUT2D eigenvalue weighted by Crippen LogP contribution is -2.37. The summed E-state index contributed by atoms with van der Waals surface area (Å²) in [5, 5.41) is 10.7. The number of hydrogen-bond donors (Lipinski definition) is 0. The summed E-state index contributed by atoms with van der Waals surface area (Å²) in [5.41, 5.74) is 0.182. The zero-order valence-corrected chi connectivity index (χ0v) is 10.0. The van der Waals surface area contributed by atoms with Crippen molar-refractivity contribution in [1.82, 2.24) is 4.90 Å². The highest BCUT2D eigenvalue weighted by Gasteiger charge is 2.38. The predicted octanol–water partition coefficient (Wildman–Crippen LogP) is 1.99. The van der Waals surface area contributed by atoms with Crippen molar-refractivity contribution < 1.29 is 14.5 Å². The van der Waals surface area contributed by atoms with Crippen LogP contribution in [0.5, 0.6) is 0 Å². The van der Waals surface area contributed by atoms with Gasteiger partial charge in [0.2, 0.25) is 0 Å². The fourth-order valence-corrected chi connectivity index (χ4v) is 1.94. The van der Waals surface area contributed by atoms with E-state index in [4.69, 9.17) is 0 Å². The van der Waals surface area contributed by atoms with Crippen molar-refractivity contribution in [2.75, 3.05) is 0 Å². The van der Waals surface area contributed by atoms with Gasteiger partial charge in [-0.05, 0) is 19.4 Å². The Morgan fingerprint density at radius 3 is 2.44 bits per heavy atom. The minimum Gasteiger partial charge on any atom is -0.272 e. The molecule has 0 spiro atoms. The van der Waals surface area contributed by atoms with Gasteiger partial charge >= 0.3 is 0 Å². The van der Waals surface area contributed by atoms with Crippen LogP contribution < -0.4 is 0 Å². The average molecular weight is 248 g/mol. The van der Waals surface area contributed by atoms with E-state index in [0.717, 1.165) is 11.0 Å². The van der Waals surface area contributed by atoms with Gasteiger partial charge in [-0.3, -0.25) is 24.6 Å². The van der Waals surface area contributed by atoms with Crippen LogP contribution >= 0.6 is 0 Å². The Bertz CT molecular complexity index is 553. The third-order valence-electron chi connectivity index (χ3n) is 3.14. The highest BCUT2D eigenvalue weighted by atomic mass is 16.6. The van der Waals surface area contributed by atoms with Gasteiger partial charge in [-0.1, -0.05) is 6.92 Å². The van der Waals surface area contributed by atoms with E-state index in [1.807, 2.05) is 6.92 Å². The van der Waals surface area contributed by atoms with Crippen molar-refractivity contribution in [2.45, 2.75) is 26.3 Å². The summed E-state index contributed by atoms with van der Waals surface area (Å²) in [5.74, 6) is -0.827. The van der Waals surface area contributed by atoms with Crippen molar-refractivity contribution in [3.63, 3.8) is 0 Å². The van der Waals surface area contributed by atoms with Gasteiger partial charge in [0.05, 0.1) is 16.1 Å². The van der Waals surface area contributed by atoms with E-state index in [9.17, 15) is 19.7 Å². The molecule has 6 heteroatoms. The minimum absolute atomic E-state index is 0.120. The lowest BCUT2D eigenvalue weighted by molar-refractivity contribution is -0.384. The van der Waals surface area contributed by atoms with Gasteiger partial charge in [0.1, 0.15) is 0 Å². The van der Waals surface area contributed by atoms with Crippen LogP contribution in [0.3, 0.4) is 0 Å². The summed E-state index contributed by atoms with van der Waals surface area (Å²) in [4.78, 5) is 35.3. The van der Waals surface area contributed by atoms with Gasteiger partial charge < -0.3 is 0 Å². The molecule has 94 valence electrons. The first kappa shape index (κ1) is 12.2. The number of nitrogens with zero attached hydrogens (tertiary/aromatic N) is 2. The van der Waals surface area contributed by atoms with Crippen molar-refractivity contribution >= 4 is 17.5 Å². The third-order valence-corrected chi connectivity index (χ3v) is 3.14. The fourth-order valence-electron chi connectivity index (χ4n) is 1.94. The van der Waals surface area contributed by atoms with Crippen LogP contribution in [0.15, 0.2) is 18.2 Å². The Kier molecular flexibility index (Phi) is 2.86. The van der Waals surface area contributed by atoms with Gasteiger partial charge in [-0.25, -0.2) is 0 Å². The van der Waals surface area contributed by atoms with Crippen LogP contribution in [0.25, 0.3) is 0 Å². The number of nitro benzene ring substituents is 1. The molecular formula is C12H12N2O4. The summed E-state index contributed by atoms with van der Waals surface area (Å²) in [6.07, 6.45) is 0.646. The molecule has 1 aliphatic rings. The summed E-state index contributed by atoms with van der Waals surface area (Å²) >= 11 is 0. The SMILES string of the molecule is CCC(C)N1C(=O)c2ccc([N+](=O)[O-])cc2C1=O. The summed E-state index contributed by atoms with van der Waals surface area (Å²) in [7, 11) is 0. The highest BCUT2D eigenvalue weighted by molar-refractivity contribution is 6.21. The quantitative estimate of drug-likeness (QED) is 0.465. The zero-order chi connectivity index (χ0) is 13.4. The molecule has 1 unspecified atom stereocenters. The van der Waals surface area contributed by atoms with Crippen molar-refractivity contribution in [3.8, 4) is 0 Å². The predicted molar refractivity (Wildman–Crippen MR) is 63.3 cm³/mol. The molecule has 2 rings (SSSR count). The summed E-state index contributed by atoms with van der Waals surface area (Å²) in [6.45, 7) is 3.65. The Labute approximate surface area is 103 Å². The van der Waals surface area contributed by atoms with Crippen molar-refractivity contribution in [3.05, 3.63) is 39.4 Å². The van der Waals surface area contributed by atoms with E-state index in [0.29, 0.717) is 6.42 Å². The second-order valence-corrected chi connectivity index (χ2v) is 4.22. The average Bonchev–Trinajstić information content (AvgIpc) is 2.61. The Balaban J connectivity index is 2.49. The smallest absolute Gasteiger partial charge is 0.270 e. The molecule has 0 aliphatic carbocycles. The summed E-state index contributed by atoms with van der Waals surface area (Å²) in [6, 6.07) is 3.54. The van der Waals surface area contributed by atoms with E-state index >= 15 is 0 Å². The maximum atomic E-state index is 12.1. The molecule has 0 saturated carbocycles. The standard InChI is InChI=1S/C12H12N2O4/c1-3-7(2)13-11(15)9-5-4-8(14(17)18)6-10(9)12(13)16/h4-7H,3H2,1-2H3. The number of benzene rings is 1. The first-order chi connectivity index (χ1) is 8.47. The second kappa shape index (κ2) is 4.21. The van der Waals surface area contributed by atoms with Crippen molar-refractivity contribution in [2.24, 2.45) is 0 Å². The van der Waals surface area contributed by atoms with Gasteiger partial charge in [-0.2, -0.15) is 0 Å². The number of carbonyl (C=O) groups excluding carboxylic acids is 2. The Morgan fingerprint density at radius 2 is 1.89 bits per heavy atom. The molecule has 0 bridgehead atoms. The van der Waals surface area contributed by atoms with Gasteiger partial charge in [0.15, 0.2) is 0 Å². The maximum Gasteiger partial charge on any atom is 0.270 e. The molecule has 1 aliphatic heterocycles. The lowest BCUT2D eigenvalue weighted by Gasteiger charge is -2.20. The van der Waals surface area contributed by atoms with E-state index in [-0.39, 0.29) is 28.8 Å². The van der Waals surface area contributed by atoms with E-state index < -0.39 is 10.8 Å². The largest absolute Gasteiger partial charge is 0.272 e. The normalized spacial score (nSPS) is 15.8. The molecule has 0 N–H and O–H groups in total. The monoisotopic (exact) mass is 248 g/mol. The van der Waals surface area contributed by atoms with Crippen LogP contribution in [0.4, 0.5) is 5.69 Å². The molecular weight excluding hydrogens is 236 g/mol. The number of hydrogen-bond acceptors (Lipinski definition) is 4. The second-order valence-electron chi connectivity index (χ2n) is 4.22. The number of nitro groups is 1. The molecule has 0 fully saturated rings. The fraction of sp³-hybridized carbons (Fsp3) is 0.333. The number of non-ortho nitro benzene ring substituents is 1. The van der Waals surface area contributed by atoms with E-state index in [1.165, 1.54) is 12.1 Å². The topological polar surface area (TPSA) is 80.5 Å². The molecule has 2 amide bonds. The minimum atomic E-state index is -0.579. The number of carbonyl (C=O) groups is 2. The number of rotatable bonds is 3. The molecule has 1 aromatic rings. The van der Waals surface area contributed by atoms with Crippen LogP contribution in [-0.2, 0) is 0 Å². The van der Waals surface area contributed by atoms with Crippen LogP contribution in [-0.4, -0.2) is 27.7 Å². The third kappa shape index (κ3) is 1.66. The molecule has 1 heterocycles. The molecule has 0 aromatic heterocycles. The first-order valence-electron chi connectivity index (χ1n) is 5.63. The molecule has 18 heavy (non-hydrogen) atoms. The first-order valence-corrected chi connectivity index (χ1v) is 5.63. The number of amides is 2. The molecule has 6 nitrogen and oxygen atoms in total. The number of imide groups is 1. The molecule has 1 atom stereocenters. The zero-order valence-electron chi connectivity index (χ0n) is 10.0. The summed E-state index contributed by atoms with van der Waals surface area (Å²) < 4.78 is 0. The molecule has 1 aromatic carbocycles. The van der Waals surface area contributed by atoms with Crippen LogP contribution in [0, 0.1) is 10.1 Å².